The number of furan rings is 1. The molecular formula is C16H11Cl2NO3. The zero-order chi connectivity index (χ0) is 15.7. The molecule has 0 saturated heterocycles. The van der Waals surface area contributed by atoms with Crippen LogP contribution < -0.4 is 10.1 Å². The van der Waals surface area contributed by atoms with E-state index in [9.17, 15) is 4.79 Å². The summed E-state index contributed by atoms with van der Waals surface area (Å²) in [5.41, 5.74) is 1.06. The Labute approximate surface area is 136 Å². The first kappa shape index (κ1) is 14.8. The number of benzene rings is 2. The summed E-state index contributed by atoms with van der Waals surface area (Å²) < 4.78 is 10.7. The Morgan fingerprint density at radius 2 is 1.82 bits per heavy atom. The van der Waals surface area contributed by atoms with E-state index in [0.29, 0.717) is 27.1 Å². The van der Waals surface area contributed by atoms with Gasteiger partial charge in [0.1, 0.15) is 11.3 Å². The normalized spacial score (nSPS) is 10.7. The topological polar surface area (TPSA) is 51.5 Å². The summed E-state index contributed by atoms with van der Waals surface area (Å²) in [5.74, 6) is 0.295. The third kappa shape index (κ3) is 2.89. The lowest BCUT2D eigenvalue weighted by Crippen LogP contribution is -2.11. The van der Waals surface area contributed by atoms with Gasteiger partial charge in [0.05, 0.1) is 12.8 Å². The van der Waals surface area contributed by atoms with Crippen molar-refractivity contribution in [3.8, 4) is 5.75 Å². The van der Waals surface area contributed by atoms with E-state index in [-0.39, 0.29) is 5.76 Å². The highest BCUT2D eigenvalue weighted by atomic mass is 35.5. The molecule has 2 aromatic carbocycles. The molecule has 0 saturated carbocycles. The lowest BCUT2D eigenvalue weighted by Gasteiger charge is -2.09. The molecule has 1 N–H and O–H groups in total. The van der Waals surface area contributed by atoms with Crippen molar-refractivity contribution in [2.75, 3.05) is 12.4 Å². The van der Waals surface area contributed by atoms with Crippen molar-refractivity contribution in [3.05, 3.63) is 58.3 Å². The Kier molecular flexibility index (Phi) is 3.96. The van der Waals surface area contributed by atoms with Crippen molar-refractivity contribution in [2.24, 2.45) is 0 Å². The highest BCUT2D eigenvalue weighted by Gasteiger charge is 2.15. The van der Waals surface area contributed by atoms with Gasteiger partial charge >= 0.3 is 0 Å². The average Bonchev–Trinajstić information content (AvgIpc) is 2.90. The van der Waals surface area contributed by atoms with Crippen LogP contribution in [0.2, 0.25) is 10.0 Å². The fraction of sp³-hybridized carbons (Fsp3) is 0.0625. The molecule has 3 rings (SSSR count). The van der Waals surface area contributed by atoms with E-state index >= 15 is 0 Å². The first-order valence-corrected chi connectivity index (χ1v) is 7.16. The van der Waals surface area contributed by atoms with Gasteiger partial charge in [-0.2, -0.15) is 0 Å². The van der Waals surface area contributed by atoms with Crippen molar-refractivity contribution in [1.82, 2.24) is 0 Å². The molecule has 0 atom stereocenters. The molecule has 1 heterocycles. The Hall–Kier alpha value is -2.17. The number of hydrogen-bond donors (Lipinski definition) is 1. The molecule has 112 valence electrons. The van der Waals surface area contributed by atoms with Gasteiger partial charge in [0.25, 0.3) is 5.91 Å². The molecular weight excluding hydrogens is 325 g/mol. The maximum atomic E-state index is 12.3. The number of amides is 1. The number of anilines is 1. The van der Waals surface area contributed by atoms with Crippen LogP contribution in [-0.2, 0) is 0 Å². The smallest absolute Gasteiger partial charge is 0.291 e. The van der Waals surface area contributed by atoms with Gasteiger partial charge in [-0.1, -0.05) is 23.2 Å². The fourth-order valence-corrected chi connectivity index (χ4v) is 2.44. The van der Waals surface area contributed by atoms with E-state index in [1.54, 1.807) is 42.5 Å². The molecule has 1 aromatic heterocycles. The number of ether oxygens (including phenoxy) is 1. The van der Waals surface area contributed by atoms with E-state index < -0.39 is 5.91 Å². The Balaban J connectivity index is 1.91. The summed E-state index contributed by atoms with van der Waals surface area (Å²) in [6.45, 7) is 0. The van der Waals surface area contributed by atoms with Crippen molar-refractivity contribution < 1.29 is 13.9 Å². The van der Waals surface area contributed by atoms with Crippen molar-refractivity contribution in [3.63, 3.8) is 0 Å². The standard InChI is InChI=1S/C16H11Cl2NO3/c1-21-14-5-3-11(18)8-12(14)19-16(20)15-7-9-6-10(17)2-4-13(9)22-15/h2-8H,1H3,(H,19,20). The predicted octanol–water partition coefficient (Wildman–Crippen LogP) is 5.00. The number of methoxy groups -OCH3 is 1. The van der Waals surface area contributed by atoms with Crippen LogP contribution >= 0.6 is 23.2 Å². The summed E-state index contributed by atoms with van der Waals surface area (Å²) in [7, 11) is 1.52. The van der Waals surface area contributed by atoms with Crippen LogP contribution in [0.5, 0.6) is 5.75 Å². The number of nitrogens with one attached hydrogen (secondary N) is 1. The lowest BCUT2D eigenvalue weighted by molar-refractivity contribution is 0.0998. The summed E-state index contributed by atoms with van der Waals surface area (Å²) in [5, 5.41) is 4.55. The fourth-order valence-electron chi connectivity index (χ4n) is 2.09. The number of halogens is 2. The van der Waals surface area contributed by atoms with E-state index in [1.165, 1.54) is 7.11 Å². The Morgan fingerprint density at radius 1 is 1.09 bits per heavy atom. The molecule has 0 radical (unpaired) electrons. The minimum atomic E-state index is -0.395. The summed E-state index contributed by atoms with van der Waals surface area (Å²) >= 11 is 11.9. The summed E-state index contributed by atoms with van der Waals surface area (Å²) in [6.07, 6.45) is 0. The van der Waals surface area contributed by atoms with Gasteiger partial charge in [-0.3, -0.25) is 4.79 Å². The maximum Gasteiger partial charge on any atom is 0.291 e. The predicted molar refractivity (Wildman–Crippen MR) is 87.2 cm³/mol. The molecule has 4 nitrogen and oxygen atoms in total. The van der Waals surface area contributed by atoms with Crippen LogP contribution in [-0.4, -0.2) is 13.0 Å². The van der Waals surface area contributed by atoms with E-state index in [1.807, 2.05) is 0 Å². The number of fused-ring (bicyclic) bond motifs is 1. The monoisotopic (exact) mass is 335 g/mol. The second-order valence-corrected chi connectivity index (χ2v) is 5.46. The lowest BCUT2D eigenvalue weighted by atomic mass is 10.2. The molecule has 0 unspecified atom stereocenters. The van der Waals surface area contributed by atoms with E-state index in [2.05, 4.69) is 5.32 Å². The highest BCUT2D eigenvalue weighted by Crippen LogP contribution is 2.29. The van der Waals surface area contributed by atoms with Crippen molar-refractivity contribution in [2.45, 2.75) is 0 Å². The molecule has 0 aliphatic rings. The third-order valence-corrected chi connectivity index (χ3v) is 3.58. The molecule has 0 aliphatic carbocycles. The van der Waals surface area contributed by atoms with Gasteiger partial charge in [0, 0.05) is 15.4 Å². The second kappa shape index (κ2) is 5.91. The van der Waals surface area contributed by atoms with Gasteiger partial charge < -0.3 is 14.5 Å². The van der Waals surface area contributed by atoms with Crippen molar-refractivity contribution in [1.29, 1.82) is 0 Å². The number of carbonyl (C=O) groups is 1. The molecule has 0 aliphatic heterocycles. The van der Waals surface area contributed by atoms with Crippen LogP contribution in [0, 0.1) is 0 Å². The molecule has 1 amide bonds. The first-order valence-electron chi connectivity index (χ1n) is 6.41. The van der Waals surface area contributed by atoms with Crippen LogP contribution in [0.15, 0.2) is 46.9 Å². The van der Waals surface area contributed by atoms with Crippen molar-refractivity contribution >= 4 is 45.8 Å². The first-order chi connectivity index (χ1) is 10.6. The number of rotatable bonds is 3. The Bertz CT molecular complexity index is 858. The van der Waals surface area contributed by atoms with E-state index in [0.717, 1.165) is 5.39 Å². The van der Waals surface area contributed by atoms with Crippen LogP contribution in [0.25, 0.3) is 11.0 Å². The molecule has 0 bridgehead atoms. The van der Waals surface area contributed by atoms with Gasteiger partial charge in [-0.25, -0.2) is 0 Å². The third-order valence-electron chi connectivity index (χ3n) is 3.11. The second-order valence-electron chi connectivity index (χ2n) is 4.59. The molecule has 6 heteroatoms. The van der Waals surface area contributed by atoms with Crippen LogP contribution in [0.1, 0.15) is 10.6 Å². The minimum Gasteiger partial charge on any atom is -0.495 e. The van der Waals surface area contributed by atoms with Crippen LogP contribution in [0.3, 0.4) is 0 Å². The van der Waals surface area contributed by atoms with Gasteiger partial charge in [0.15, 0.2) is 5.76 Å². The highest BCUT2D eigenvalue weighted by molar-refractivity contribution is 6.31. The molecule has 0 fully saturated rings. The summed E-state index contributed by atoms with van der Waals surface area (Å²) in [4.78, 5) is 12.3. The van der Waals surface area contributed by atoms with Crippen LogP contribution in [0.4, 0.5) is 5.69 Å². The molecule has 22 heavy (non-hydrogen) atoms. The van der Waals surface area contributed by atoms with E-state index in [4.69, 9.17) is 32.4 Å². The van der Waals surface area contributed by atoms with Gasteiger partial charge in [0.2, 0.25) is 0 Å². The summed E-state index contributed by atoms with van der Waals surface area (Å²) in [6, 6.07) is 11.8. The minimum absolute atomic E-state index is 0.180. The molecule has 0 spiro atoms. The SMILES string of the molecule is COc1ccc(Cl)cc1NC(=O)c1cc2cc(Cl)ccc2o1. The number of carbonyl (C=O) groups excluding carboxylic acids is 1. The molecule has 3 aromatic rings. The van der Waals surface area contributed by atoms with Gasteiger partial charge in [-0.15, -0.1) is 0 Å². The Morgan fingerprint density at radius 3 is 2.59 bits per heavy atom. The largest absolute Gasteiger partial charge is 0.495 e. The number of hydrogen-bond acceptors (Lipinski definition) is 3. The quantitative estimate of drug-likeness (QED) is 0.732. The van der Waals surface area contributed by atoms with Gasteiger partial charge in [-0.05, 0) is 42.5 Å². The zero-order valence-corrected chi connectivity index (χ0v) is 13.0. The maximum absolute atomic E-state index is 12.3. The zero-order valence-electron chi connectivity index (χ0n) is 11.5. The average molecular weight is 336 g/mol.